The Hall–Kier alpha value is -4.56. The third-order valence-corrected chi connectivity index (χ3v) is 7.07. The van der Waals surface area contributed by atoms with Gasteiger partial charge in [0.05, 0.1) is 28.4 Å². The summed E-state index contributed by atoms with van der Waals surface area (Å²) in [5, 5.41) is 11.1. The fraction of sp³-hybridized carbons (Fsp3) is 0.200. The minimum absolute atomic E-state index is 0.210. The van der Waals surface area contributed by atoms with Gasteiger partial charge < -0.3 is 15.0 Å². The molecular weight excluding hydrogens is 474 g/mol. The summed E-state index contributed by atoms with van der Waals surface area (Å²) in [4.78, 5) is 17.8. The van der Waals surface area contributed by atoms with Crippen LogP contribution in [0.25, 0.3) is 56.0 Å². The van der Waals surface area contributed by atoms with E-state index in [1.165, 1.54) is 5.56 Å². The molecule has 0 saturated carbocycles. The Bertz CT molecular complexity index is 1760. The highest BCUT2D eigenvalue weighted by molar-refractivity contribution is 5.96. The first-order valence-corrected chi connectivity index (χ1v) is 13.0. The maximum Gasteiger partial charge on any atom is 0.161 e. The van der Waals surface area contributed by atoms with Gasteiger partial charge in [-0.25, -0.2) is 9.97 Å². The van der Waals surface area contributed by atoms with Gasteiger partial charge in [-0.05, 0) is 62.7 Å². The van der Waals surface area contributed by atoms with Crippen LogP contribution in [0.5, 0.6) is 5.75 Å². The van der Waals surface area contributed by atoms with Gasteiger partial charge in [0.1, 0.15) is 17.4 Å². The maximum absolute atomic E-state index is 6.21. The molecule has 0 aliphatic carbocycles. The third-order valence-electron chi connectivity index (χ3n) is 7.07. The first kappa shape index (κ1) is 22.6. The van der Waals surface area contributed by atoms with Crippen molar-refractivity contribution in [3.05, 3.63) is 78.6 Å². The van der Waals surface area contributed by atoms with E-state index in [0.29, 0.717) is 11.5 Å². The number of aryl methyl sites for hydroxylation is 1. The van der Waals surface area contributed by atoms with Gasteiger partial charge >= 0.3 is 0 Å². The summed E-state index contributed by atoms with van der Waals surface area (Å²) >= 11 is 0. The fourth-order valence-electron chi connectivity index (χ4n) is 5.14. The summed E-state index contributed by atoms with van der Waals surface area (Å²) < 4.78 is 6.21. The van der Waals surface area contributed by atoms with Gasteiger partial charge in [0, 0.05) is 17.3 Å². The molecule has 1 fully saturated rings. The molecule has 188 valence electrons. The Morgan fingerprint density at radius 3 is 2.63 bits per heavy atom. The number of fused-ring (bicyclic) bond motifs is 2. The van der Waals surface area contributed by atoms with E-state index in [4.69, 9.17) is 14.7 Å². The van der Waals surface area contributed by atoms with E-state index in [1.54, 1.807) is 6.20 Å². The summed E-state index contributed by atoms with van der Waals surface area (Å²) in [5.41, 5.74) is 9.29. The lowest BCUT2D eigenvalue weighted by molar-refractivity contribution is 0.162. The van der Waals surface area contributed by atoms with Gasteiger partial charge in [-0.1, -0.05) is 42.0 Å². The van der Waals surface area contributed by atoms with Crippen LogP contribution in [0.2, 0.25) is 0 Å². The summed E-state index contributed by atoms with van der Waals surface area (Å²) in [6, 6.07) is 20.6. The highest BCUT2D eigenvalue weighted by Crippen LogP contribution is 2.32. The van der Waals surface area contributed by atoms with Crippen molar-refractivity contribution in [2.75, 3.05) is 13.1 Å². The number of nitrogens with one attached hydrogen (secondary N) is 3. The van der Waals surface area contributed by atoms with Gasteiger partial charge in [0.15, 0.2) is 11.5 Å². The second kappa shape index (κ2) is 9.39. The van der Waals surface area contributed by atoms with Crippen molar-refractivity contribution in [3.63, 3.8) is 0 Å². The number of benzene rings is 2. The molecule has 1 aliphatic rings. The van der Waals surface area contributed by atoms with Gasteiger partial charge in [0.2, 0.25) is 0 Å². The Balaban J connectivity index is 1.26. The van der Waals surface area contributed by atoms with Crippen molar-refractivity contribution in [2.45, 2.75) is 25.9 Å². The van der Waals surface area contributed by atoms with Crippen LogP contribution in [0, 0.1) is 6.92 Å². The molecule has 8 heteroatoms. The number of nitrogens with zero attached hydrogens (tertiary/aromatic N) is 4. The summed E-state index contributed by atoms with van der Waals surface area (Å²) in [5.74, 6) is 1.45. The molecule has 3 N–H and O–H groups in total. The zero-order valence-corrected chi connectivity index (χ0v) is 21.0. The zero-order valence-electron chi connectivity index (χ0n) is 21.0. The number of H-pyrrole nitrogens is 2. The number of pyridine rings is 2. The minimum Gasteiger partial charge on any atom is -0.489 e. The van der Waals surface area contributed by atoms with Crippen LogP contribution in [0.15, 0.2) is 73.1 Å². The molecule has 2 aromatic carbocycles. The molecule has 5 heterocycles. The Morgan fingerprint density at radius 2 is 1.74 bits per heavy atom. The van der Waals surface area contributed by atoms with Crippen molar-refractivity contribution < 1.29 is 4.74 Å². The van der Waals surface area contributed by atoms with E-state index < -0.39 is 0 Å². The number of aromatic amines is 2. The lowest BCUT2D eigenvalue weighted by Gasteiger charge is -2.23. The average molecular weight is 502 g/mol. The number of hydrogen-bond acceptors (Lipinski definition) is 6. The molecule has 8 nitrogen and oxygen atoms in total. The van der Waals surface area contributed by atoms with Gasteiger partial charge in [0.25, 0.3) is 0 Å². The molecule has 0 unspecified atom stereocenters. The topological polar surface area (TPSA) is 104 Å². The molecule has 1 saturated heterocycles. The number of ether oxygens (including phenoxy) is 1. The van der Waals surface area contributed by atoms with Crippen LogP contribution in [0.4, 0.5) is 0 Å². The highest BCUT2D eigenvalue weighted by atomic mass is 16.5. The second-order valence-electron chi connectivity index (χ2n) is 9.80. The van der Waals surface area contributed by atoms with Crippen LogP contribution in [0.1, 0.15) is 18.4 Å². The van der Waals surface area contributed by atoms with Crippen LogP contribution < -0.4 is 10.1 Å². The molecule has 0 spiro atoms. The van der Waals surface area contributed by atoms with Gasteiger partial charge in [-0.3, -0.25) is 10.1 Å². The van der Waals surface area contributed by atoms with E-state index in [-0.39, 0.29) is 6.10 Å². The monoisotopic (exact) mass is 501 g/mol. The predicted octanol–water partition coefficient (Wildman–Crippen LogP) is 5.67. The third kappa shape index (κ3) is 4.18. The molecule has 7 rings (SSSR count). The van der Waals surface area contributed by atoms with Crippen molar-refractivity contribution >= 4 is 22.1 Å². The van der Waals surface area contributed by atoms with Crippen LogP contribution in [0.3, 0.4) is 0 Å². The Morgan fingerprint density at radius 1 is 0.842 bits per heavy atom. The fourth-order valence-corrected chi connectivity index (χ4v) is 5.14. The van der Waals surface area contributed by atoms with Crippen LogP contribution >= 0.6 is 0 Å². The van der Waals surface area contributed by atoms with Gasteiger partial charge in [-0.15, -0.1) is 0 Å². The van der Waals surface area contributed by atoms with Crippen molar-refractivity contribution in [2.24, 2.45) is 0 Å². The predicted molar refractivity (Wildman–Crippen MR) is 149 cm³/mol. The maximum atomic E-state index is 6.21. The molecule has 0 amide bonds. The van der Waals surface area contributed by atoms with E-state index in [1.807, 2.05) is 36.5 Å². The highest BCUT2D eigenvalue weighted by Gasteiger charge is 2.18. The molecule has 38 heavy (non-hydrogen) atoms. The van der Waals surface area contributed by atoms with Crippen molar-refractivity contribution in [1.82, 2.24) is 35.5 Å². The van der Waals surface area contributed by atoms with E-state index in [0.717, 1.165) is 76.1 Å². The standard InChI is InChI=1S/C30H27N7O/c1-18-4-2-5-19(14-18)23-6-3-7-25-27(23)35-30(34-25)29-28-26(36-37-29)9-8-24(33-28)20-15-22(17-32-16-20)38-21-10-12-31-13-11-21/h2-9,14-17,21,31H,10-13H2,1H3,(H,34,35)(H,36,37). The zero-order chi connectivity index (χ0) is 25.5. The van der Waals surface area contributed by atoms with E-state index >= 15 is 0 Å². The average Bonchev–Trinajstić information content (AvgIpc) is 3.57. The summed E-state index contributed by atoms with van der Waals surface area (Å²) in [6.07, 6.45) is 5.79. The van der Waals surface area contributed by atoms with E-state index in [2.05, 4.69) is 62.7 Å². The lowest BCUT2D eigenvalue weighted by atomic mass is 10.0. The Labute approximate surface area is 219 Å². The smallest absolute Gasteiger partial charge is 0.161 e. The largest absolute Gasteiger partial charge is 0.489 e. The van der Waals surface area contributed by atoms with Crippen LogP contribution in [-0.4, -0.2) is 49.3 Å². The van der Waals surface area contributed by atoms with Crippen molar-refractivity contribution in [1.29, 1.82) is 0 Å². The SMILES string of the molecule is Cc1cccc(-c2cccc3[nH]c(-c4n[nH]c5ccc(-c6cncc(OC7CCNCC7)c6)nc45)nc23)c1. The number of para-hydroxylation sites is 1. The molecule has 1 aliphatic heterocycles. The van der Waals surface area contributed by atoms with E-state index in [9.17, 15) is 0 Å². The molecular formula is C30H27N7O. The molecule has 0 atom stereocenters. The number of rotatable bonds is 5. The first-order valence-electron chi connectivity index (χ1n) is 13.0. The van der Waals surface area contributed by atoms with Crippen molar-refractivity contribution in [3.8, 4) is 39.7 Å². The minimum atomic E-state index is 0.210. The normalized spacial score (nSPS) is 14.3. The molecule has 0 bridgehead atoms. The first-order chi connectivity index (χ1) is 18.7. The second-order valence-corrected chi connectivity index (χ2v) is 9.80. The Kier molecular flexibility index (Phi) is 5.59. The number of imidazole rings is 1. The number of aromatic nitrogens is 6. The summed E-state index contributed by atoms with van der Waals surface area (Å²) in [6.45, 7) is 4.06. The molecule has 4 aromatic heterocycles. The van der Waals surface area contributed by atoms with Gasteiger partial charge in [-0.2, -0.15) is 5.10 Å². The number of hydrogen-bond donors (Lipinski definition) is 3. The molecule has 6 aromatic rings. The quantitative estimate of drug-likeness (QED) is 0.281. The lowest BCUT2D eigenvalue weighted by Crippen LogP contribution is -2.34. The molecule has 0 radical (unpaired) electrons. The summed E-state index contributed by atoms with van der Waals surface area (Å²) in [7, 11) is 0. The number of piperidine rings is 1. The van der Waals surface area contributed by atoms with Crippen LogP contribution in [-0.2, 0) is 0 Å².